The van der Waals surface area contributed by atoms with Gasteiger partial charge in [-0.25, -0.2) is 0 Å². The Labute approximate surface area is 148 Å². The van der Waals surface area contributed by atoms with Gasteiger partial charge in [-0.2, -0.15) is 0 Å². The van der Waals surface area contributed by atoms with Crippen LogP contribution in [0.3, 0.4) is 0 Å². The van der Waals surface area contributed by atoms with Crippen molar-refractivity contribution in [1.82, 2.24) is 0 Å². The third-order valence-corrected chi connectivity index (χ3v) is 6.75. The molecule has 2 rings (SSSR count). The van der Waals surface area contributed by atoms with Gasteiger partial charge in [0.1, 0.15) is 0 Å². The van der Waals surface area contributed by atoms with Gasteiger partial charge >= 0.3 is 5.97 Å². The first-order chi connectivity index (χ1) is 11.2. The number of carbonyl (C=O) groups excluding carboxylic acids is 1. The van der Waals surface area contributed by atoms with E-state index in [1.165, 1.54) is 37.3 Å². The van der Waals surface area contributed by atoms with Gasteiger partial charge in [-0.05, 0) is 56.3 Å². The van der Waals surface area contributed by atoms with Crippen LogP contribution in [0.1, 0.15) is 66.2 Å². The summed E-state index contributed by atoms with van der Waals surface area (Å²) >= 11 is 0. The molecular weight excluding hydrogens is 296 g/mol. The van der Waals surface area contributed by atoms with Crippen LogP contribution in [0.4, 0.5) is 0 Å². The van der Waals surface area contributed by atoms with Crippen molar-refractivity contribution in [1.29, 1.82) is 0 Å². The minimum atomic E-state index is -0.162. The molecule has 134 valence electrons. The van der Waals surface area contributed by atoms with Gasteiger partial charge in [-0.3, -0.25) is 4.79 Å². The lowest BCUT2D eigenvalue weighted by Crippen LogP contribution is -2.52. The maximum absolute atomic E-state index is 11.3. The Bertz CT molecular complexity index is 544. The molecule has 0 aromatic carbocycles. The summed E-state index contributed by atoms with van der Waals surface area (Å²) in [6.07, 6.45) is 11.2. The van der Waals surface area contributed by atoms with Crippen LogP contribution in [-0.2, 0) is 9.53 Å². The minimum absolute atomic E-state index is 0.0921. The Hall–Kier alpha value is -1.31. The van der Waals surface area contributed by atoms with Crippen LogP contribution in [0, 0.1) is 22.7 Å². The van der Waals surface area contributed by atoms with E-state index in [1.807, 2.05) is 6.08 Å². The summed E-state index contributed by atoms with van der Waals surface area (Å²) in [5, 5.41) is 0. The van der Waals surface area contributed by atoms with Gasteiger partial charge in [-0.15, -0.1) is 0 Å². The molecule has 2 aliphatic carbocycles. The molecule has 0 bridgehead atoms. The molecule has 2 nitrogen and oxygen atoms in total. The number of ether oxygens (including phenoxy) is 1. The Balaban J connectivity index is 2.27. The largest absolute Gasteiger partial charge is 0.465 e. The lowest BCUT2D eigenvalue weighted by molar-refractivity contribution is -0.152. The van der Waals surface area contributed by atoms with Gasteiger partial charge in [0.2, 0.25) is 0 Å². The van der Waals surface area contributed by atoms with Gasteiger partial charge < -0.3 is 4.74 Å². The topological polar surface area (TPSA) is 26.3 Å². The minimum Gasteiger partial charge on any atom is -0.465 e. The van der Waals surface area contributed by atoms with E-state index in [1.54, 1.807) is 0 Å². The molecule has 0 N–H and O–H groups in total. The Morgan fingerprint density at radius 1 is 1.33 bits per heavy atom. The lowest BCUT2D eigenvalue weighted by Gasteiger charge is -2.58. The fourth-order valence-electron chi connectivity index (χ4n) is 5.35. The molecule has 0 saturated heterocycles. The van der Waals surface area contributed by atoms with Gasteiger partial charge in [-0.1, -0.05) is 56.7 Å². The second-order valence-electron chi connectivity index (χ2n) is 8.48. The number of rotatable bonds is 5. The molecule has 0 radical (unpaired) electrons. The van der Waals surface area contributed by atoms with Crippen molar-refractivity contribution in [2.75, 3.05) is 6.61 Å². The van der Waals surface area contributed by atoms with Crippen molar-refractivity contribution in [3.05, 3.63) is 36.5 Å². The summed E-state index contributed by atoms with van der Waals surface area (Å²) in [5.41, 5.74) is 2.99. The van der Waals surface area contributed by atoms with Crippen molar-refractivity contribution in [3.8, 4) is 0 Å². The highest BCUT2D eigenvalue weighted by atomic mass is 16.5. The zero-order valence-corrected chi connectivity index (χ0v) is 16.0. The number of allylic oxidation sites excluding steroid dienone is 4. The standard InChI is InChI=1S/C22H34O2/c1-7-16(2)9-11-19-17(3)10-12-20-21(5,15-24-18(4)23)13-8-14-22(19,20)6/h7,9,19-20H,1,3,8,10-15H2,2,4-6H3. The third kappa shape index (κ3) is 3.68. The van der Waals surface area contributed by atoms with Gasteiger partial charge in [0.05, 0.1) is 6.61 Å². The van der Waals surface area contributed by atoms with E-state index in [-0.39, 0.29) is 16.8 Å². The molecule has 2 fully saturated rings. The predicted octanol–water partition coefficient (Wildman–Crippen LogP) is 5.85. The molecule has 2 saturated carbocycles. The van der Waals surface area contributed by atoms with Crippen LogP contribution in [0.5, 0.6) is 0 Å². The summed E-state index contributed by atoms with van der Waals surface area (Å²) in [4.78, 5) is 11.3. The summed E-state index contributed by atoms with van der Waals surface area (Å²) in [7, 11) is 0. The van der Waals surface area contributed by atoms with Crippen LogP contribution in [0.2, 0.25) is 0 Å². The van der Waals surface area contributed by atoms with Crippen LogP contribution >= 0.6 is 0 Å². The second-order valence-corrected chi connectivity index (χ2v) is 8.48. The highest BCUT2D eigenvalue weighted by molar-refractivity contribution is 5.65. The summed E-state index contributed by atoms with van der Waals surface area (Å²) in [6, 6.07) is 0. The average molecular weight is 331 g/mol. The summed E-state index contributed by atoms with van der Waals surface area (Å²) in [6.45, 7) is 17.3. The molecule has 4 unspecified atom stereocenters. The second kappa shape index (κ2) is 7.29. The summed E-state index contributed by atoms with van der Waals surface area (Å²) < 4.78 is 5.47. The number of esters is 1. The van der Waals surface area contributed by atoms with Crippen LogP contribution in [0.15, 0.2) is 36.5 Å². The van der Waals surface area contributed by atoms with Crippen LogP contribution in [-0.4, -0.2) is 12.6 Å². The van der Waals surface area contributed by atoms with E-state index in [9.17, 15) is 4.79 Å². The molecule has 0 heterocycles. The van der Waals surface area contributed by atoms with Crippen LogP contribution < -0.4 is 0 Å². The molecule has 24 heavy (non-hydrogen) atoms. The highest BCUT2D eigenvalue weighted by Gasteiger charge is 2.54. The van der Waals surface area contributed by atoms with E-state index in [4.69, 9.17) is 4.74 Å². The van der Waals surface area contributed by atoms with Crippen molar-refractivity contribution in [2.45, 2.75) is 66.2 Å². The van der Waals surface area contributed by atoms with Gasteiger partial charge in [0.25, 0.3) is 0 Å². The monoisotopic (exact) mass is 330 g/mol. The van der Waals surface area contributed by atoms with E-state index in [2.05, 4.69) is 40.0 Å². The van der Waals surface area contributed by atoms with Gasteiger partial charge in [0, 0.05) is 12.3 Å². The van der Waals surface area contributed by atoms with Crippen LogP contribution in [0.25, 0.3) is 0 Å². The fourth-order valence-corrected chi connectivity index (χ4v) is 5.35. The SMILES string of the molecule is C=CC(C)=CCC1C(=C)CCC2C(C)(COC(C)=O)CCCC12C. The van der Waals surface area contributed by atoms with Gasteiger partial charge in [0.15, 0.2) is 0 Å². The first-order valence-electron chi connectivity index (χ1n) is 9.33. The lowest BCUT2D eigenvalue weighted by atomic mass is 9.47. The number of fused-ring (bicyclic) bond motifs is 1. The average Bonchev–Trinajstić information content (AvgIpc) is 2.51. The van der Waals surface area contributed by atoms with E-state index >= 15 is 0 Å². The molecule has 2 aliphatic rings. The maximum Gasteiger partial charge on any atom is 0.302 e. The smallest absolute Gasteiger partial charge is 0.302 e. The zero-order chi connectivity index (χ0) is 18.0. The van der Waals surface area contributed by atoms with E-state index in [0.29, 0.717) is 18.4 Å². The predicted molar refractivity (Wildman–Crippen MR) is 101 cm³/mol. The Morgan fingerprint density at radius 2 is 2.04 bits per heavy atom. The summed E-state index contributed by atoms with van der Waals surface area (Å²) in [5.74, 6) is 0.943. The van der Waals surface area contributed by atoms with E-state index in [0.717, 1.165) is 19.3 Å². The molecule has 2 heteroatoms. The third-order valence-electron chi connectivity index (χ3n) is 6.75. The van der Waals surface area contributed by atoms with Crippen molar-refractivity contribution in [2.24, 2.45) is 22.7 Å². The molecule has 0 spiro atoms. The molecular formula is C22H34O2. The highest BCUT2D eigenvalue weighted by Crippen LogP contribution is 2.61. The molecule has 4 atom stereocenters. The molecule has 0 aliphatic heterocycles. The first-order valence-corrected chi connectivity index (χ1v) is 9.33. The van der Waals surface area contributed by atoms with E-state index < -0.39 is 0 Å². The van der Waals surface area contributed by atoms with Crippen molar-refractivity contribution >= 4 is 5.97 Å². The van der Waals surface area contributed by atoms with Crippen molar-refractivity contribution in [3.63, 3.8) is 0 Å². The first kappa shape index (κ1) is 19.0. The number of carbonyl (C=O) groups is 1. The Morgan fingerprint density at radius 3 is 2.67 bits per heavy atom. The number of hydrogen-bond donors (Lipinski definition) is 0. The molecule has 0 amide bonds. The molecule has 0 aromatic heterocycles. The maximum atomic E-state index is 11.3. The normalized spacial score (nSPS) is 36.8. The number of hydrogen-bond acceptors (Lipinski definition) is 2. The van der Waals surface area contributed by atoms with Crippen molar-refractivity contribution < 1.29 is 9.53 Å². The quantitative estimate of drug-likeness (QED) is 0.359. The fraction of sp³-hybridized carbons (Fsp3) is 0.682. The Kier molecular flexibility index (Phi) is 5.78. The molecule has 0 aromatic rings. The zero-order valence-electron chi connectivity index (χ0n) is 16.0.